The van der Waals surface area contributed by atoms with Crippen LogP contribution in [0.25, 0.3) is 11.1 Å². The van der Waals surface area contributed by atoms with Crippen molar-refractivity contribution in [3.8, 4) is 16.9 Å². The molecule has 0 bridgehead atoms. The average molecular weight is 483 g/mol. The zero-order valence-corrected chi connectivity index (χ0v) is 20.7. The largest absolute Gasteiger partial charge is 0.489 e. The van der Waals surface area contributed by atoms with Gasteiger partial charge in [0.15, 0.2) is 5.82 Å². The van der Waals surface area contributed by atoms with E-state index in [1.54, 1.807) is 11.7 Å². The number of aromatic nitrogens is 2. The number of ether oxygens (including phenoxy) is 1. The lowest BCUT2D eigenvalue weighted by Crippen LogP contribution is -2.38. The van der Waals surface area contributed by atoms with Crippen molar-refractivity contribution in [3.63, 3.8) is 0 Å². The molecule has 3 aromatic rings. The van der Waals surface area contributed by atoms with Crippen molar-refractivity contribution in [2.24, 2.45) is 12.0 Å². The van der Waals surface area contributed by atoms with Gasteiger partial charge in [-0.05, 0) is 48.2 Å². The second-order valence-corrected chi connectivity index (χ2v) is 9.19. The Morgan fingerprint density at radius 1 is 1.22 bits per heavy atom. The fourth-order valence-electron chi connectivity index (χ4n) is 4.49. The Kier molecular flexibility index (Phi) is 6.71. The summed E-state index contributed by atoms with van der Waals surface area (Å²) in [6.07, 6.45) is 8.97. The highest BCUT2D eigenvalue weighted by atomic mass is 16.5. The molecule has 2 aliphatic rings. The van der Waals surface area contributed by atoms with Gasteiger partial charge >= 0.3 is 0 Å². The van der Waals surface area contributed by atoms with E-state index < -0.39 is 0 Å². The van der Waals surface area contributed by atoms with E-state index in [1.165, 1.54) is 11.1 Å². The number of benzene rings is 2. The van der Waals surface area contributed by atoms with Crippen LogP contribution in [0.3, 0.4) is 0 Å². The van der Waals surface area contributed by atoms with Crippen LogP contribution in [-0.2, 0) is 18.3 Å². The number of nitrogens with one attached hydrogen (secondary N) is 3. The number of aryl methyl sites for hydroxylation is 2. The molecule has 3 N–H and O–H groups in total. The summed E-state index contributed by atoms with van der Waals surface area (Å²) >= 11 is 0. The van der Waals surface area contributed by atoms with Crippen LogP contribution in [0.15, 0.2) is 71.4 Å². The average Bonchev–Trinajstić information content (AvgIpc) is 3.50. The highest BCUT2D eigenvalue weighted by Crippen LogP contribution is 2.31. The third-order valence-electron chi connectivity index (χ3n) is 6.36. The Morgan fingerprint density at radius 3 is 2.92 bits per heavy atom. The van der Waals surface area contributed by atoms with E-state index in [-0.39, 0.29) is 18.1 Å². The van der Waals surface area contributed by atoms with Crippen LogP contribution < -0.4 is 20.7 Å². The van der Waals surface area contributed by atoms with E-state index in [9.17, 15) is 4.79 Å². The topological polar surface area (TPSA) is 92.6 Å². The maximum atomic E-state index is 12.0. The number of nitrogens with zero attached hydrogens (tertiary/aromatic N) is 3. The number of anilines is 1. The zero-order chi connectivity index (χ0) is 25.1. The molecular weight excluding hydrogens is 452 g/mol. The lowest BCUT2D eigenvalue weighted by molar-refractivity contribution is -0.122. The second-order valence-electron chi connectivity index (χ2n) is 9.19. The van der Waals surface area contributed by atoms with Crippen LogP contribution in [0.2, 0.25) is 0 Å². The van der Waals surface area contributed by atoms with Crippen LogP contribution in [-0.4, -0.2) is 47.6 Å². The Balaban J connectivity index is 1.41. The number of aliphatic imine (C=N–C) groups is 1. The first-order chi connectivity index (χ1) is 17.5. The fraction of sp³-hybridized carbons (Fsp3) is 0.286. The van der Waals surface area contributed by atoms with Crippen molar-refractivity contribution in [2.45, 2.75) is 31.9 Å². The predicted octanol–water partition coefficient (Wildman–Crippen LogP) is 3.33. The Bertz CT molecular complexity index is 1380. The number of likely N-dealkylation sites (N-methyl/N-ethyl adjacent to an activating group) is 1. The molecule has 2 atom stereocenters. The molecule has 1 fully saturated rings. The van der Waals surface area contributed by atoms with Gasteiger partial charge in [0, 0.05) is 56.8 Å². The van der Waals surface area contributed by atoms with E-state index in [4.69, 9.17) is 4.74 Å². The maximum Gasteiger partial charge on any atom is 0.237 e. The predicted molar refractivity (Wildman–Crippen MR) is 141 cm³/mol. The van der Waals surface area contributed by atoms with Gasteiger partial charge in [-0.25, -0.2) is 4.99 Å². The van der Waals surface area contributed by atoms with E-state index in [2.05, 4.69) is 56.9 Å². The number of hydrogen-bond acceptors (Lipinski definition) is 6. The van der Waals surface area contributed by atoms with Crippen molar-refractivity contribution in [3.05, 3.63) is 83.1 Å². The number of hydrogen-bond donors (Lipinski definition) is 3. The van der Waals surface area contributed by atoms with Crippen LogP contribution >= 0.6 is 0 Å². The monoisotopic (exact) mass is 482 g/mol. The molecule has 0 spiro atoms. The molecule has 8 nitrogen and oxygen atoms in total. The zero-order valence-electron chi connectivity index (χ0n) is 20.7. The minimum absolute atomic E-state index is 0.0230. The quantitative estimate of drug-likeness (QED) is 0.469. The molecule has 0 saturated carbocycles. The Morgan fingerprint density at radius 2 is 2.11 bits per heavy atom. The number of rotatable bonds is 6. The molecule has 1 saturated heterocycles. The van der Waals surface area contributed by atoms with Crippen LogP contribution in [0, 0.1) is 6.92 Å². The van der Waals surface area contributed by atoms with Gasteiger partial charge in [-0.3, -0.25) is 9.48 Å². The van der Waals surface area contributed by atoms with Crippen molar-refractivity contribution < 1.29 is 9.53 Å². The summed E-state index contributed by atoms with van der Waals surface area (Å²) in [7, 11) is 3.54. The molecule has 2 aromatic carbocycles. The van der Waals surface area contributed by atoms with Crippen LogP contribution in [0.1, 0.15) is 23.1 Å². The molecule has 2 aliphatic heterocycles. The second kappa shape index (κ2) is 10.2. The summed E-state index contributed by atoms with van der Waals surface area (Å²) in [6.45, 7) is 2.69. The van der Waals surface area contributed by atoms with Gasteiger partial charge in [-0.15, -0.1) is 0 Å². The molecule has 5 rings (SSSR count). The minimum atomic E-state index is -0.245. The van der Waals surface area contributed by atoms with Crippen molar-refractivity contribution in [1.82, 2.24) is 20.4 Å². The van der Waals surface area contributed by atoms with Gasteiger partial charge in [0.1, 0.15) is 11.9 Å². The van der Waals surface area contributed by atoms with Crippen LogP contribution in [0.5, 0.6) is 5.75 Å². The summed E-state index contributed by atoms with van der Waals surface area (Å²) in [5.74, 6) is 1.31. The number of allylic oxidation sites excluding steroid dienone is 1. The normalized spacial score (nSPS) is 18.7. The number of carbonyl (C=O) groups is 1. The summed E-state index contributed by atoms with van der Waals surface area (Å²) in [6, 6.07) is 12.2. The summed E-state index contributed by atoms with van der Waals surface area (Å²) < 4.78 is 8.09. The lowest BCUT2D eigenvalue weighted by Gasteiger charge is -2.16. The third-order valence-corrected chi connectivity index (χ3v) is 6.36. The number of fused-ring (bicyclic) bond motifs is 1. The maximum absolute atomic E-state index is 12.0. The van der Waals surface area contributed by atoms with Gasteiger partial charge in [0.25, 0.3) is 0 Å². The summed E-state index contributed by atoms with van der Waals surface area (Å²) in [5, 5.41) is 13.6. The molecule has 1 aromatic heterocycles. The minimum Gasteiger partial charge on any atom is -0.489 e. The molecule has 184 valence electrons. The lowest BCUT2D eigenvalue weighted by atomic mass is 10.0. The van der Waals surface area contributed by atoms with Crippen LogP contribution in [0.4, 0.5) is 5.69 Å². The molecule has 3 heterocycles. The molecule has 1 amide bonds. The molecule has 0 radical (unpaired) electrons. The first-order valence-corrected chi connectivity index (χ1v) is 12.1. The molecule has 0 unspecified atom stereocenters. The van der Waals surface area contributed by atoms with E-state index >= 15 is 0 Å². The standard InChI is InChI=1S/C28H30N6O2/c1-18-7-8-19-5-4-6-27(31-14-21(19)9-18)33-23-10-20(22-15-32-34(3)17-22)11-24(12-23)36-25-13-26(30-16-25)28(35)29-2/h4,7-12,14-15,17,25-26,30,33H,5,13,16H2,1-3H3,(H,29,35)/t6?,25-,26-/m0/s1. The van der Waals surface area contributed by atoms with E-state index in [0.717, 1.165) is 28.8 Å². The van der Waals surface area contributed by atoms with Crippen molar-refractivity contribution in [2.75, 3.05) is 18.9 Å². The highest BCUT2D eigenvalue weighted by Gasteiger charge is 2.30. The molecule has 8 heteroatoms. The van der Waals surface area contributed by atoms with Crippen molar-refractivity contribution in [1.29, 1.82) is 0 Å². The van der Waals surface area contributed by atoms with Gasteiger partial charge in [0.2, 0.25) is 5.91 Å². The Labute approximate surface area is 210 Å². The highest BCUT2D eigenvalue weighted by molar-refractivity contribution is 5.84. The summed E-state index contributed by atoms with van der Waals surface area (Å²) in [5.41, 5.74) is 9.60. The molecular formula is C28H30N6O2. The number of carbonyl (C=O) groups excluding carboxylic acids is 1. The van der Waals surface area contributed by atoms with E-state index in [1.807, 2.05) is 49.9 Å². The fourth-order valence-corrected chi connectivity index (χ4v) is 4.49. The van der Waals surface area contributed by atoms with Gasteiger partial charge in [-0.1, -0.05) is 29.5 Å². The smallest absolute Gasteiger partial charge is 0.237 e. The summed E-state index contributed by atoms with van der Waals surface area (Å²) in [4.78, 5) is 16.7. The van der Waals surface area contributed by atoms with Crippen molar-refractivity contribution >= 4 is 17.8 Å². The van der Waals surface area contributed by atoms with Gasteiger partial charge in [-0.2, -0.15) is 5.10 Å². The Hall–Kier alpha value is -4.13. The SMILES string of the molecule is CNC(=O)[C@@H]1C[C@H](Oc2cc(NC3=C=CCc4ccc(C)cc4C=N3)cc(-c3cnn(C)c3)c2)CN1. The van der Waals surface area contributed by atoms with E-state index in [0.29, 0.717) is 24.5 Å². The third kappa shape index (κ3) is 5.40. The number of amides is 1. The first kappa shape index (κ1) is 23.6. The first-order valence-electron chi connectivity index (χ1n) is 12.1. The van der Waals surface area contributed by atoms with Gasteiger partial charge < -0.3 is 20.7 Å². The molecule has 0 aliphatic carbocycles. The van der Waals surface area contributed by atoms with Gasteiger partial charge in [0.05, 0.1) is 12.2 Å². The molecule has 36 heavy (non-hydrogen) atoms.